The summed E-state index contributed by atoms with van der Waals surface area (Å²) in [6, 6.07) is 4.11. The van der Waals surface area contributed by atoms with Crippen LogP contribution >= 0.6 is 0 Å². The molecule has 2 unspecified atom stereocenters. The highest BCUT2D eigenvalue weighted by atomic mass is 16.1. The monoisotopic (exact) mass is 258 g/mol. The van der Waals surface area contributed by atoms with E-state index in [1.807, 2.05) is 12.3 Å². The minimum absolute atomic E-state index is 0.00972. The highest BCUT2D eigenvalue weighted by molar-refractivity contribution is 5.94. The van der Waals surface area contributed by atoms with Gasteiger partial charge in [0.15, 0.2) is 5.78 Å². The molecule has 1 saturated heterocycles. The predicted molar refractivity (Wildman–Crippen MR) is 75.2 cm³/mol. The van der Waals surface area contributed by atoms with E-state index in [-0.39, 0.29) is 11.5 Å². The third-order valence-electron chi connectivity index (χ3n) is 4.83. The van der Waals surface area contributed by atoms with E-state index in [9.17, 15) is 4.79 Å². The number of Topliss-reactive ketones (excluding diaryl/α,β-unsaturated/α-hetero) is 1. The van der Waals surface area contributed by atoms with Crippen LogP contribution < -0.4 is 5.32 Å². The number of aromatic nitrogens is 1. The molecule has 1 aliphatic heterocycles. The normalized spacial score (nSPS) is 30.1. The molecule has 1 fully saturated rings. The molecule has 0 aromatic carbocycles. The zero-order valence-electron chi connectivity index (χ0n) is 11.6. The van der Waals surface area contributed by atoms with Crippen LogP contribution in [0.15, 0.2) is 18.3 Å². The lowest BCUT2D eigenvalue weighted by Crippen LogP contribution is -2.49. The van der Waals surface area contributed by atoms with Gasteiger partial charge in [-0.2, -0.15) is 0 Å². The van der Waals surface area contributed by atoms with Crippen molar-refractivity contribution in [2.75, 3.05) is 6.54 Å². The summed E-state index contributed by atoms with van der Waals surface area (Å²) in [6.45, 7) is 3.10. The Morgan fingerprint density at radius 1 is 1.53 bits per heavy atom. The van der Waals surface area contributed by atoms with Gasteiger partial charge in [0, 0.05) is 6.20 Å². The number of fused-ring (bicyclic) bond motifs is 1. The number of ketones is 1. The number of carbonyl (C=O) groups excluding carboxylic acids is 1. The van der Waals surface area contributed by atoms with E-state index >= 15 is 0 Å². The lowest BCUT2D eigenvalue weighted by molar-refractivity contribution is -0.127. The second kappa shape index (κ2) is 5.04. The number of carbonyl (C=O) groups is 1. The number of aryl methyl sites for hydroxylation is 1. The number of hydrogen-bond donors (Lipinski definition) is 1. The Hall–Kier alpha value is -1.22. The van der Waals surface area contributed by atoms with E-state index in [1.165, 1.54) is 5.56 Å². The second-order valence-electron chi connectivity index (χ2n) is 5.82. The fourth-order valence-corrected chi connectivity index (χ4v) is 3.69. The van der Waals surface area contributed by atoms with Gasteiger partial charge in [0.2, 0.25) is 0 Å². The van der Waals surface area contributed by atoms with Gasteiger partial charge in [-0.3, -0.25) is 9.78 Å². The molecule has 0 radical (unpaired) electrons. The van der Waals surface area contributed by atoms with E-state index in [2.05, 4.69) is 23.3 Å². The molecule has 0 amide bonds. The standard InChI is InChI=1S/C16H22N2O/c1-2-16(9-5-11-18-16)15(19)13-8-3-6-12-7-4-10-17-14(12)13/h4,7,10,13,18H,2-3,5-6,8-9,11H2,1H3. The first-order valence-electron chi connectivity index (χ1n) is 7.50. The van der Waals surface area contributed by atoms with Gasteiger partial charge in [0.25, 0.3) is 0 Å². The lowest BCUT2D eigenvalue weighted by atomic mass is 9.75. The van der Waals surface area contributed by atoms with Crippen LogP contribution in [0.1, 0.15) is 56.2 Å². The molecule has 1 aromatic rings. The quantitative estimate of drug-likeness (QED) is 0.906. The average Bonchev–Trinajstić information content (AvgIpc) is 2.96. The molecule has 0 saturated carbocycles. The molecule has 0 bridgehead atoms. The van der Waals surface area contributed by atoms with E-state index < -0.39 is 0 Å². The zero-order valence-corrected chi connectivity index (χ0v) is 11.6. The van der Waals surface area contributed by atoms with Crippen LogP contribution in [0.5, 0.6) is 0 Å². The first-order chi connectivity index (χ1) is 9.27. The Morgan fingerprint density at radius 3 is 3.16 bits per heavy atom. The number of nitrogens with zero attached hydrogens (tertiary/aromatic N) is 1. The third-order valence-corrected chi connectivity index (χ3v) is 4.83. The molecule has 1 N–H and O–H groups in total. The summed E-state index contributed by atoms with van der Waals surface area (Å²) in [5.41, 5.74) is 2.04. The summed E-state index contributed by atoms with van der Waals surface area (Å²) in [5.74, 6) is 0.391. The Labute approximate surface area is 114 Å². The maximum Gasteiger partial charge on any atom is 0.161 e. The minimum atomic E-state index is -0.281. The van der Waals surface area contributed by atoms with Gasteiger partial charge >= 0.3 is 0 Å². The molecule has 2 heterocycles. The van der Waals surface area contributed by atoms with Crippen molar-refractivity contribution in [2.24, 2.45) is 0 Å². The first kappa shape index (κ1) is 12.8. The van der Waals surface area contributed by atoms with Crippen molar-refractivity contribution in [2.45, 2.75) is 56.9 Å². The number of hydrogen-bond acceptors (Lipinski definition) is 3. The highest BCUT2D eigenvalue weighted by Gasteiger charge is 2.44. The van der Waals surface area contributed by atoms with Crippen molar-refractivity contribution < 1.29 is 4.79 Å². The molecule has 102 valence electrons. The highest BCUT2D eigenvalue weighted by Crippen LogP contribution is 2.37. The first-order valence-corrected chi connectivity index (χ1v) is 7.50. The van der Waals surface area contributed by atoms with Crippen LogP contribution in [0.25, 0.3) is 0 Å². The summed E-state index contributed by atoms with van der Waals surface area (Å²) >= 11 is 0. The molecular formula is C16H22N2O. The Morgan fingerprint density at radius 2 is 2.42 bits per heavy atom. The smallest absolute Gasteiger partial charge is 0.161 e. The zero-order chi connectivity index (χ0) is 13.3. The molecule has 3 rings (SSSR count). The van der Waals surface area contributed by atoms with Crippen LogP contribution in [0.3, 0.4) is 0 Å². The van der Waals surface area contributed by atoms with Gasteiger partial charge in [0.1, 0.15) is 0 Å². The van der Waals surface area contributed by atoms with Gasteiger partial charge in [-0.25, -0.2) is 0 Å². The van der Waals surface area contributed by atoms with Gasteiger partial charge < -0.3 is 5.32 Å². The topological polar surface area (TPSA) is 42.0 Å². The van der Waals surface area contributed by atoms with Crippen LogP contribution in [0.4, 0.5) is 0 Å². The molecule has 19 heavy (non-hydrogen) atoms. The van der Waals surface area contributed by atoms with Gasteiger partial charge in [0.05, 0.1) is 17.2 Å². The Balaban J connectivity index is 1.93. The van der Waals surface area contributed by atoms with Gasteiger partial charge in [-0.15, -0.1) is 0 Å². The fraction of sp³-hybridized carbons (Fsp3) is 0.625. The second-order valence-corrected chi connectivity index (χ2v) is 5.82. The van der Waals surface area contributed by atoms with E-state index in [1.54, 1.807) is 0 Å². The number of rotatable bonds is 3. The van der Waals surface area contributed by atoms with Crippen LogP contribution in [0, 0.1) is 0 Å². The van der Waals surface area contributed by atoms with Crippen molar-refractivity contribution in [1.82, 2.24) is 10.3 Å². The summed E-state index contributed by atoms with van der Waals surface area (Å²) in [4.78, 5) is 17.5. The average molecular weight is 258 g/mol. The molecule has 1 aromatic heterocycles. The third kappa shape index (κ3) is 2.10. The Bertz CT molecular complexity index is 477. The summed E-state index contributed by atoms with van der Waals surface area (Å²) in [6.07, 6.45) is 7.96. The fourth-order valence-electron chi connectivity index (χ4n) is 3.69. The number of pyridine rings is 1. The molecule has 2 aliphatic rings. The minimum Gasteiger partial charge on any atom is -0.305 e. The number of nitrogens with one attached hydrogen (secondary N) is 1. The SMILES string of the molecule is CCC1(C(=O)C2CCCc3cccnc32)CCCN1. The van der Waals surface area contributed by atoms with E-state index in [0.717, 1.165) is 50.8 Å². The van der Waals surface area contributed by atoms with Crippen molar-refractivity contribution in [3.8, 4) is 0 Å². The lowest BCUT2D eigenvalue weighted by Gasteiger charge is -2.33. The van der Waals surface area contributed by atoms with Crippen LogP contribution in [0.2, 0.25) is 0 Å². The van der Waals surface area contributed by atoms with Crippen LogP contribution in [-0.4, -0.2) is 22.9 Å². The van der Waals surface area contributed by atoms with Crippen molar-refractivity contribution in [1.29, 1.82) is 0 Å². The Kier molecular flexibility index (Phi) is 3.40. The largest absolute Gasteiger partial charge is 0.305 e. The summed E-state index contributed by atoms with van der Waals surface area (Å²) in [7, 11) is 0. The van der Waals surface area contributed by atoms with Crippen LogP contribution in [-0.2, 0) is 11.2 Å². The summed E-state index contributed by atoms with van der Waals surface area (Å²) < 4.78 is 0. The van der Waals surface area contributed by atoms with Crippen molar-refractivity contribution in [3.63, 3.8) is 0 Å². The summed E-state index contributed by atoms with van der Waals surface area (Å²) in [5, 5.41) is 3.47. The molecule has 3 nitrogen and oxygen atoms in total. The predicted octanol–water partition coefficient (Wildman–Crippen LogP) is 2.60. The molecule has 0 spiro atoms. The van der Waals surface area contributed by atoms with E-state index in [4.69, 9.17) is 0 Å². The van der Waals surface area contributed by atoms with E-state index in [0.29, 0.717) is 5.78 Å². The molecular weight excluding hydrogens is 236 g/mol. The maximum absolute atomic E-state index is 13.0. The molecule has 3 heteroatoms. The molecule has 2 atom stereocenters. The van der Waals surface area contributed by atoms with Crippen molar-refractivity contribution in [3.05, 3.63) is 29.6 Å². The van der Waals surface area contributed by atoms with Crippen molar-refractivity contribution >= 4 is 5.78 Å². The van der Waals surface area contributed by atoms with Gasteiger partial charge in [-0.1, -0.05) is 13.0 Å². The van der Waals surface area contributed by atoms with Gasteiger partial charge in [-0.05, 0) is 56.7 Å². The maximum atomic E-state index is 13.0. The molecule has 1 aliphatic carbocycles.